The summed E-state index contributed by atoms with van der Waals surface area (Å²) in [6, 6.07) is 2.08. The average Bonchev–Trinajstić information content (AvgIpc) is 3.02. The smallest absolute Gasteiger partial charge is 0.264 e. The van der Waals surface area contributed by atoms with E-state index in [0.29, 0.717) is 23.2 Å². The van der Waals surface area contributed by atoms with Gasteiger partial charge in [0.25, 0.3) is 5.91 Å². The molecule has 4 nitrogen and oxygen atoms in total. The zero-order valence-corrected chi connectivity index (χ0v) is 10.00. The van der Waals surface area contributed by atoms with Gasteiger partial charge in [-0.05, 0) is 12.8 Å². The summed E-state index contributed by atoms with van der Waals surface area (Å²) >= 11 is 1.38. The molecule has 16 heavy (non-hydrogen) atoms. The molecule has 0 bridgehead atoms. The van der Waals surface area contributed by atoms with Gasteiger partial charge in [-0.1, -0.05) is 0 Å². The molecule has 1 aromatic heterocycles. The van der Waals surface area contributed by atoms with E-state index in [2.05, 4.69) is 0 Å². The first-order chi connectivity index (χ1) is 7.76. The van der Waals surface area contributed by atoms with Crippen LogP contribution in [0.4, 0.5) is 0 Å². The van der Waals surface area contributed by atoms with Crippen LogP contribution in [0, 0.1) is 0 Å². The number of ether oxygens (including phenoxy) is 1. The maximum Gasteiger partial charge on any atom is 0.264 e. The highest BCUT2D eigenvalue weighted by atomic mass is 32.1. The number of hydrogen-bond acceptors (Lipinski definition) is 4. The molecule has 1 amide bonds. The highest BCUT2D eigenvalue weighted by Crippen LogP contribution is 2.30. The molecule has 1 saturated carbocycles. The minimum atomic E-state index is 0.00449. The van der Waals surface area contributed by atoms with Crippen LogP contribution in [-0.2, 0) is 0 Å². The van der Waals surface area contributed by atoms with Gasteiger partial charge in [-0.2, -0.15) is 0 Å². The maximum atomic E-state index is 12.1. The third-order valence-corrected chi connectivity index (χ3v) is 3.51. The summed E-state index contributed by atoms with van der Waals surface area (Å²) in [6.45, 7) is 0.439. The Morgan fingerprint density at radius 3 is 2.94 bits per heavy atom. The van der Waals surface area contributed by atoms with Gasteiger partial charge in [0.2, 0.25) is 0 Å². The van der Waals surface area contributed by atoms with Crippen LogP contribution < -0.4 is 4.74 Å². The zero-order chi connectivity index (χ0) is 11.5. The Morgan fingerprint density at radius 1 is 1.69 bits per heavy atom. The molecule has 1 N–H and O–H groups in total. The van der Waals surface area contributed by atoms with Crippen LogP contribution in [0.25, 0.3) is 0 Å². The number of aliphatic hydroxyl groups is 1. The number of nitrogens with zero attached hydrogens (tertiary/aromatic N) is 1. The summed E-state index contributed by atoms with van der Waals surface area (Å²) in [5.74, 6) is 0.720. The van der Waals surface area contributed by atoms with Crippen molar-refractivity contribution in [2.45, 2.75) is 18.9 Å². The quantitative estimate of drug-likeness (QED) is 0.846. The number of amides is 1. The lowest BCUT2D eigenvalue weighted by molar-refractivity contribution is 0.0712. The molecule has 0 unspecified atom stereocenters. The molecule has 1 aromatic rings. The lowest BCUT2D eigenvalue weighted by Gasteiger charge is -2.20. The van der Waals surface area contributed by atoms with Crippen molar-refractivity contribution in [1.82, 2.24) is 4.90 Å². The molecule has 0 saturated heterocycles. The molecule has 1 fully saturated rings. The maximum absolute atomic E-state index is 12.1. The largest absolute Gasteiger partial charge is 0.496 e. The van der Waals surface area contributed by atoms with E-state index in [-0.39, 0.29) is 12.5 Å². The summed E-state index contributed by atoms with van der Waals surface area (Å²) in [5, 5.41) is 10.8. The third-order valence-electron chi connectivity index (χ3n) is 2.61. The first-order valence-electron chi connectivity index (χ1n) is 5.30. The number of carbonyl (C=O) groups is 1. The van der Waals surface area contributed by atoms with E-state index < -0.39 is 0 Å². The second kappa shape index (κ2) is 4.84. The zero-order valence-electron chi connectivity index (χ0n) is 9.18. The van der Waals surface area contributed by atoms with E-state index in [1.807, 2.05) is 5.38 Å². The summed E-state index contributed by atoms with van der Waals surface area (Å²) in [5.41, 5.74) is 0. The SMILES string of the molecule is COc1csc(C(=O)N(CCO)C2CC2)c1. The Balaban J connectivity index is 2.09. The first-order valence-corrected chi connectivity index (χ1v) is 6.18. The van der Waals surface area contributed by atoms with Gasteiger partial charge in [0.05, 0.1) is 18.6 Å². The fourth-order valence-corrected chi connectivity index (χ4v) is 2.43. The summed E-state index contributed by atoms with van der Waals surface area (Å²) in [6.07, 6.45) is 2.10. The van der Waals surface area contributed by atoms with Crippen LogP contribution in [0.2, 0.25) is 0 Å². The highest BCUT2D eigenvalue weighted by Gasteiger charge is 2.33. The molecule has 0 radical (unpaired) electrons. The Hall–Kier alpha value is -1.07. The molecular formula is C11H15NO3S. The van der Waals surface area contributed by atoms with Gasteiger partial charge in [-0.25, -0.2) is 0 Å². The predicted molar refractivity (Wildman–Crippen MR) is 62.0 cm³/mol. The van der Waals surface area contributed by atoms with E-state index in [0.717, 1.165) is 12.8 Å². The van der Waals surface area contributed by atoms with Crippen LogP contribution >= 0.6 is 11.3 Å². The van der Waals surface area contributed by atoms with Gasteiger partial charge >= 0.3 is 0 Å². The number of rotatable bonds is 5. The Bertz CT molecular complexity index is 373. The first kappa shape index (κ1) is 11.4. The van der Waals surface area contributed by atoms with E-state index in [1.165, 1.54) is 11.3 Å². The van der Waals surface area contributed by atoms with E-state index in [4.69, 9.17) is 9.84 Å². The van der Waals surface area contributed by atoms with Gasteiger partial charge in [0.15, 0.2) is 0 Å². The molecule has 0 aromatic carbocycles. The van der Waals surface area contributed by atoms with Crippen LogP contribution in [0.3, 0.4) is 0 Å². The molecule has 88 valence electrons. The fraction of sp³-hybridized carbons (Fsp3) is 0.545. The van der Waals surface area contributed by atoms with Crippen molar-refractivity contribution in [1.29, 1.82) is 0 Å². The van der Waals surface area contributed by atoms with Crippen molar-refractivity contribution < 1.29 is 14.6 Å². The molecule has 1 aliphatic carbocycles. The number of carbonyl (C=O) groups excluding carboxylic acids is 1. The number of methoxy groups -OCH3 is 1. The molecule has 0 atom stereocenters. The monoisotopic (exact) mass is 241 g/mol. The highest BCUT2D eigenvalue weighted by molar-refractivity contribution is 7.12. The van der Waals surface area contributed by atoms with Crippen molar-refractivity contribution in [2.75, 3.05) is 20.3 Å². The topological polar surface area (TPSA) is 49.8 Å². The van der Waals surface area contributed by atoms with Crippen molar-refractivity contribution in [3.63, 3.8) is 0 Å². The Morgan fingerprint density at radius 2 is 2.44 bits per heavy atom. The van der Waals surface area contributed by atoms with Crippen molar-refractivity contribution in [3.05, 3.63) is 16.3 Å². The minimum Gasteiger partial charge on any atom is -0.496 e. The molecule has 0 aliphatic heterocycles. The average molecular weight is 241 g/mol. The molecule has 1 aliphatic rings. The van der Waals surface area contributed by atoms with Gasteiger partial charge < -0.3 is 14.7 Å². The summed E-state index contributed by atoms with van der Waals surface area (Å²) in [4.78, 5) is 14.5. The predicted octanol–water partition coefficient (Wildman–Crippen LogP) is 1.35. The molecule has 2 rings (SSSR count). The standard InChI is InChI=1S/C11H15NO3S/c1-15-9-6-10(16-7-9)11(14)12(4-5-13)8-2-3-8/h6-8,13H,2-5H2,1H3. The molecule has 1 heterocycles. The molecule has 0 spiro atoms. The van der Waals surface area contributed by atoms with Gasteiger partial charge in [0, 0.05) is 24.0 Å². The summed E-state index contributed by atoms with van der Waals surface area (Å²) < 4.78 is 5.05. The normalized spacial score (nSPS) is 14.9. The van der Waals surface area contributed by atoms with Crippen LogP contribution in [0.15, 0.2) is 11.4 Å². The van der Waals surface area contributed by atoms with Gasteiger partial charge in [-0.15, -0.1) is 11.3 Å². The van der Waals surface area contributed by atoms with Crippen LogP contribution in [-0.4, -0.2) is 42.2 Å². The van der Waals surface area contributed by atoms with E-state index in [1.54, 1.807) is 18.1 Å². The Kier molecular flexibility index (Phi) is 3.46. The molecule has 5 heteroatoms. The van der Waals surface area contributed by atoms with Crippen molar-refractivity contribution in [3.8, 4) is 5.75 Å². The second-order valence-corrected chi connectivity index (χ2v) is 4.72. The second-order valence-electron chi connectivity index (χ2n) is 3.80. The van der Waals surface area contributed by atoms with Gasteiger partial charge in [-0.3, -0.25) is 4.79 Å². The van der Waals surface area contributed by atoms with Gasteiger partial charge in [0.1, 0.15) is 5.75 Å². The minimum absolute atomic E-state index is 0.00449. The number of thiophene rings is 1. The van der Waals surface area contributed by atoms with Crippen molar-refractivity contribution in [2.24, 2.45) is 0 Å². The number of hydrogen-bond donors (Lipinski definition) is 1. The third kappa shape index (κ3) is 2.36. The van der Waals surface area contributed by atoms with E-state index in [9.17, 15) is 4.79 Å². The fourth-order valence-electron chi connectivity index (χ4n) is 1.62. The Labute approximate surface area is 98.4 Å². The van der Waals surface area contributed by atoms with Crippen molar-refractivity contribution >= 4 is 17.2 Å². The lowest BCUT2D eigenvalue weighted by Crippen LogP contribution is -2.35. The van der Waals surface area contributed by atoms with Crippen LogP contribution in [0.5, 0.6) is 5.75 Å². The molecular weight excluding hydrogens is 226 g/mol. The number of aliphatic hydroxyl groups excluding tert-OH is 1. The van der Waals surface area contributed by atoms with E-state index >= 15 is 0 Å². The van der Waals surface area contributed by atoms with Crippen LogP contribution in [0.1, 0.15) is 22.5 Å². The lowest BCUT2D eigenvalue weighted by atomic mass is 10.3. The summed E-state index contributed by atoms with van der Waals surface area (Å²) in [7, 11) is 1.59.